The SMILES string of the molecule is C#Cc1cccc(Nc2ncnc3cc(NC(=O)c4ccc(C(=O)Nc5ccccc5NC(=O)OC(C)(C)C)cc4)ccc23)c1. The Morgan fingerprint density at radius 3 is 2.07 bits per heavy atom. The fourth-order valence-electron chi connectivity index (χ4n) is 4.34. The number of carbonyl (C=O) groups excluding carboxylic acids is 3. The first kappa shape index (κ1) is 30.3. The molecule has 0 fully saturated rings. The summed E-state index contributed by atoms with van der Waals surface area (Å²) in [7, 11) is 0. The van der Waals surface area contributed by atoms with Crippen molar-refractivity contribution < 1.29 is 19.1 Å². The molecule has 10 nitrogen and oxygen atoms in total. The highest BCUT2D eigenvalue weighted by atomic mass is 16.6. The number of aromatic nitrogens is 2. The smallest absolute Gasteiger partial charge is 0.412 e. The van der Waals surface area contributed by atoms with E-state index in [9.17, 15) is 14.4 Å². The van der Waals surface area contributed by atoms with E-state index in [0.717, 1.165) is 16.6 Å². The number of nitrogens with zero attached hydrogens (tertiary/aromatic N) is 2. The van der Waals surface area contributed by atoms with E-state index in [1.165, 1.54) is 6.33 Å². The fraction of sp³-hybridized carbons (Fsp3) is 0.114. The first-order valence-corrected chi connectivity index (χ1v) is 14.0. The Bertz CT molecular complexity index is 1940. The van der Waals surface area contributed by atoms with Crippen molar-refractivity contribution in [3.63, 3.8) is 0 Å². The number of terminal acetylenes is 1. The number of hydrogen-bond donors (Lipinski definition) is 4. The van der Waals surface area contributed by atoms with Gasteiger partial charge in [-0.3, -0.25) is 14.9 Å². The van der Waals surface area contributed by atoms with Crippen molar-refractivity contribution in [2.45, 2.75) is 26.4 Å². The molecule has 0 unspecified atom stereocenters. The molecule has 0 aliphatic rings. The molecular weight excluding hydrogens is 568 g/mol. The van der Waals surface area contributed by atoms with Crippen molar-refractivity contribution in [2.75, 3.05) is 21.3 Å². The van der Waals surface area contributed by atoms with Crippen LogP contribution in [-0.4, -0.2) is 33.5 Å². The minimum Gasteiger partial charge on any atom is -0.444 e. The van der Waals surface area contributed by atoms with Crippen molar-refractivity contribution in [1.82, 2.24) is 9.97 Å². The maximum Gasteiger partial charge on any atom is 0.412 e. The number of benzene rings is 4. The second-order valence-corrected chi connectivity index (χ2v) is 11.0. The Kier molecular flexibility index (Phi) is 8.72. The lowest BCUT2D eigenvalue weighted by molar-refractivity contribution is 0.0635. The maximum absolute atomic E-state index is 13.0. The molecule has 4 N–H and O–H groups in total. The van der Waals surface area contributed by atoms with Crippen molar-refractivity contribution in [3.05, 3.63) is 114 Å². The first-order valence-electron chi connectivity index (χ1n) is 14.0. The Labute approximate surface area is 260 Å². The highest BCUT2D eigenvalue weighted by Crippen LogP contribution is 2.26. The van der Waals surface area contributed by atoms with Crippen LogP contribution in [0.1, 0.15) is 47.1 Å². The third kappa shape index (κ3) is 7.80. The molecule has 45 heavy (non-hydrogen) atoms. The molecule has 0 spiro atoms. The molecule has 224 valence electrons. The summed E-state index contributed by atoms with van der Waals surface area (Å²) in [6.07, 6.45) is 6.32. The van der Waals surface area contributed by atoms with Gasteiger partial charge in [-0.1, -0.05) is 24.1 Å². The van der Waals surface area contributed by atoms with E-state index in [2.05, 4.69) is 37.2 Å². The molecule has 0 saturated carbocycles. The van der Waals surface area contributed by atoms with Gasteiger partial charge in [0.25, 0.3) is 11.8 Å². The van der Waals surface area contributed by atoms with Crippen molar-refractivity contribution in [3.8, 4) is 12.3 Å². The number of carbonyl (C=O) groups is 3. The van der Waals surface area contributed by atoms with Crippen molar-refractivity contribution in [1.29, 1.82) is 0 Å². The molecule has 10 heteroatoms. The summed E-state index contributed by atoms with van der Waals surface area (Å²) in [5.74, 6) is 2.45. The van der Waals surface area contributed by atoms with Gasteiger partial charge in [0.2, 0.25) is 0 Å². The van der Waals surface area contributed by atoms with E-state index in [1.54, 1.807) is 81.4 Å². The molecule has 0 aliphatic heterocycles. The minimum absolute atomic E-state index is 0.328. The summed E-state index contributed by atoms with van der Waals surface area (Å²) < 4.78 is 5.30. The van der Waals surface area contributed by atoms with Gasteiger partial charge in [0.1, 0.15) is 17.7 Å². The first-order chi connectivity index (χ1) is 21.6. The molecule has 0 aliphatic carbocycles. The highest BCUT2D eigenvalue weighted by molar-refractivity contribution is 6.09. The van der Waals surface area contributed by atoms with Gasteiger partial charge in [0.05, 0.1) is 16.9 Å². The van der Waals surface area contributed by atoms with E-state index in [0.29, 0.717) is 39.5 Å². The largest absolute Gasteiger partial charge is 0.444 e. The number of para-hydroxylation sites is 2. The van der Waals surface area contributed by atoms with E-state index in [4.69, 9.17) is 11.2 Å². The number of anilines is 5. The zero-order valence-corrected chi connectivity index (χ0v) is 24.8. The standard InChI is InChI=1S/C35H30N6O4/c1-5-22-9-8-10-25(19-22)38-31-27-18-17-26(20-30(27)36-21-37-31)39-32(42)23-13-15-24(16-14-23)33(43)40-28-11-6-7-12-29(28)41-34(44)45-35(2,3)4/h1,6-21H,2-4H3,(H,39,42)(H,40,43)(H,41,44)(H,36,37,38). The zero-order valence-electron chi connectivity index (χ0n) is 24.8. The van der Waals surface area contributed by atoms with Gasteiger partial charge in [0, 0.05) is 33.5 Å². The number of fused-ring (bicyclic) bond motifs is 1. The summed E-state index contributed by atoms with van der Waals surface area (Å²) in [5, 5.41) is 12.3. The maximum atomic E-state index is 13.0. The second kappa shape index (κ2) is 13.0. The third-order valence-electron chi connectivity index (χ3n) is 6.41. The van der Waals surface area contributed by atoms with Gasteiger partial charge in [-0.15, -0.1) is 6.42 Å². The van der Waals surface area contributed by atoms with E-state index in [-0.39, 0.29) is 5.91 Å². The predicted molar refractivity (Wildman–Crippen MR) is 176 cm³/mol. The van der Waals surface area contributed by atoms with E-state index < -0.39 is 17.6 Å². The van der Waals surface area contributed by atoms with Gasteiger partial charge in [-0.05, 0) is 93.6 Å². The van der Waals surface area contributed by atoms with E-state index >= 15 is 0 Å². The number of hydrogen-bond acceptors (Lipinski definition) is 7. The Balaban J connectivity index is 1.24. The minimum atomic E-state index is -0.670. The van der Waals surface area contributed by atoms with Crippen LogP contribution in [0.5, 0.6) is 0 Å². The second-order valence-electron chi connectivity index (χ2n) is 11.0. The van der Waals surface area contributed by atoms with Crippen molar-refractivity contribution in [2.24, 2.45) is 0 Å². The van der Waals surface area contributed by atoms with Gasteiger partial charge in [-0.2, -0.15) is 0 Å². The lowest BCUT2D eigenvalue weighted by atomic mass is 10.1. The summed E-state index contributed by atoms with van der Waals surface area (Å²) in [4.78, 5) is 46.9. The van der Waals surface area contributed by atoms with Crippen LogP contribution in [0.4, 0.5) is 33.4 Å². The van der Waals surface area contributed by atoms with Crippen LogP contribution >= 0.6 is 0 Å². The molecule has 5 rings (SSSR count). The average Bonchev–Trinajstić information content (AvgIpc) is 3.01. The average molecular weight is 599 g/mol. The van der Waals surface area contributed by atoms with Crippen LogP contribution in [0, 0.1) is 12.3 Å². The fourth-order valence-corrected chi connectivity index (χ4v) is 4.34. The van der Waals surface area contributed by atoms with Gasteiger partial charge in [-0.25, -0.2) is 14.8 Å². The lowest BCUT2D eigenvalue weighted by Gasteiger charge is -2.20. The zero-order chi connectivity index (χ0) is 32.0. The van der Waals surface area contributed by atoms with Crippen LogP contribution in [0.2, 0.25) is 0 Å². The van der Waals surface area contributed by atoms with Crippen LogP contribution in [-0.2, 0) is 4.74 Å². The molecular formula is C35H30N6O4. The quantitative estimate of drug-likeness (QED) is 0.146. The van der Waals surface area contributed by atoms with Crippen molar-refractivity contribution >= 4 is 57.4 Å². The molecule has 1 heterocycles. The highest BCUT2D eigenvalue weighted by Gasteiger charge is 2.18. The molecule has 5 aromatic rings. The number of amides is 3. The lowest BCUT2D eigenvalue weighted by Crippen LogP contribution is -2.27. The van der Waals surface area contributed by atoms with Crippen LogP contribution in [0.15, 0.2) is 97.3 Å². The van der Waals surface area contributed by atoms with Crippen LogP contribution in [0.25, 0.3) is 10.9 Å². The molecule has 0 bridgehead atoms. The normalized spacial score (nSPS) is 10.8. The summed E-state index contributed by atoms with van der Waals surface area (Å²) in [5.41, 5.74) is 3.51. The van der Waals surface area contributed by atoms with Crippen LogP contribution in [0.3, 0.4) is 0 Å². The number of rotatable bonds is 7. The van der Waals surface area contributed by atoms with Crippen LogP contribution < -0.4 is 21.3 Å². The van der Waals surface area contributed by atoms with Gasteiger partial charge in [0.15, 0.2) is 0 Å². The van der Waals surface area contributed by atoms with Gasteiger partial charge >= 0.3 is 6.09 Å². The molecule has 3 amide bonds. The predicted octanol–water partition coefficient (Wildman–Crippen LogP) is 7.21. The monoisotopic (exact) mass is 598 g/mol. The van der Waals surface area contributed by atoms with Gasteiger partial charge < -0.3 is 20.7 Å². The third-order valence-corrected chi connectivity index (χ3v) is 6.41. The molecule has 4 aromatic carbocycles. The molecule has 0 saturated heterocycles. The molecule has 1 aromatic heterocycles. The summed E-state index contributed by atoms with van der Waals surface area (Å²) >= 11 is 0. The Morgan fingerprint density at radius 2 is 1.40 bits per heavy atom. The van der Waals surface area contributed by atoms with E-state index in [1.807, 2.05) is 30.3 Å². The molecule has 0 atom stereocenters. The summed E-state index contributed by atoms with van der Waals surface area (Å²) in [6.45, 7) is 5.29. The Morgan fingerprint density at radius 1 is 0.733 bits per heavy atom. The number of ether oxygens (including phenoxy) is 1. The topological polar surface area (TPSA) is 134 Å². The molecule has 0 radical (unpaired) electrons. The summed E-state index contributed by atoms with van der Waals surface area (Å²) in [6, 6.07) is 25.8. The number of nitrogens with one attached hydrogen (secondary N) is 4. The Hall–Kier alpha value is -6.21.